The third kappa shape index (κ3) is 9.84. The predicted octanol–water partition coefficient (Wildman–Crippen LogP) is -2.31. The Balaban J connectivity index is 1.88. The highest BCUT2D eigenvalue weighted by molar-refractivity contribution is 4.91. The summed E-state index contributed by atoms with van der Waals surface area (Å²) in [5.41, 5.74) is 0. The summed E-state index contributed by atoms with van der Waals surface area (Å²) in [5.74, 6) is 0. The Kier molecular flexibility index (Phi) is 14.2. The van der Waals surface area contributed by atoms with E-state index in [1.165, 1.54) is 0 Å². The average molecular weight is 557 g/mol. The van der Waals surface area contributed by atoms with Crippen LogP contribution in [0.4, 0.5) is 0 Å². The van der Waals surface area contributed by atoms with E-state index in [0.29, 0.717) is 17.4 Å². The van der Waals surface area contributed by atoms with Crippen LogP contribution < -0.4 is 0 Å². The zero-order valence-corrected chi connectivity index (χ0v) is 23.0. The zero-order valence-electron chi connectivity index (χ0n) is 23.0. The quantitative estimate of drug-likeness (QED) is 0.0796. The molecule has 1 unspecified atom stereocenters. The molecule has 2 fully saturated rings. The Morgan fingerprint density at radius 3 is 1.79 bits per heavy atom. The van der Waals surface area contributed by atoms with Crippen molar-refractivity contribution in [3.05, 3.63) is 0 Å². The number of hydrogen-bond donors (Lipinski definition) is 7. The van der Waals surface area contributed by atoms with Gasteiger partial charge in [-0.2, -0.15) is 0 Å². The van der Waals surface area contributed by atoms with Gasteiger partial charge in [-0.05, 0) is 12.8 Å². The number of likely N-dealkylation sites (N-methyl/N-ethyl adjacent to an activating group) is 1. The van der Waals surface area contributed by atoms with Crippen LogP contribution in [0.3, 0.4) is 0 Å². The van der Waals surface area contributed by atoms with E-state index in [1.807, 2.05) is 21.0 Å². The second-order valence-corrected chi connectivity index (χ2v) is 11.0. The van der Waals surface area contributed by atoms with Crippen molar-refractivity contribution in [3.8, 4) is 0 Å². The second kappa shape index (κ2) is 16.1. The lowest BCUT2D eigenvalue weighted by Gasteiger charge is -2.43. The number of rotatable bonds is 16. The highest BCUT2D eigenvalue weighted by Crippen LogP contribution is 2.26. The van der Waals surface area contributed by atoms with E-state index in [-0.39, 0.29) is 26.4 Å². The maximum Gasteiger partial charge on any atom is 0.186 e. The summed E-state index contributed by atoms with van der Waals surface area (Å²) in [7, 11) is 4.05. The van der Waals surface area contributed by atoms with Crippen LogP contribution in [-0.2, 0) is 23.7 Å². The molecule has 7 N–H and O–H groups in total. The lowest BCUT2D eigenvalue weighted by molar-refractivity contribution is -0.893. The molecule has 0 aromatic heterocycles. The van der Waals surface area contributed by atoms with Crippen molar-refractivity contribution in [2.75, 3.05) is 53.6 Å². The topological polar surface area (TPSA) is 188 Å². The van der Waals surface area contributed by atoms with Gasteiger partial charge in [0.2, 0.25) is 0 Å². The van der Waals surface area contributed by atoms with Crippen LogP contribution in [0.1, 0.15) is 39.5 Å². The van der Waals surface area contributed by atoms with Gasteiger partial charge in [0.05, 0.1) is 40.5 Å². The van der Waals surface area contributed by atoms with E-state index in [4.69, 9.17) is 23.7 Å². The molecule has 0 aliphatic carbocycles. The van der Waals surface area contributed by atoms with Crippen molar-refractivity contribution in [2.24, 2.45) is 0 Å². The minimum Gasteiger partial charge on any atom is -0.387 e. The van der Waals surface area contributed by atoms with Crippen LogP contribution in [-0.4, -0.2) is 161 Å². The first-order chi connectivity index (χ1) is 17.9. The summed E-state index contributed by atoms with van der Waals surface area (Å²) in [6, 6.07) is 0. The molecule has 0 saturated carbocycles. The van der Waals surface area contributed by atoms with Crippen LogP contribution >= 0.6 is 0 Å². The van der Waals surface area contributed by atoms with Gasteiger partial charge in [0.1, 0.15) is 61.5 Å². The normalized spacial score (nSPS) is 37.3. The highest BCUT2D eigenvalue weighted by Gasteiger charge is 2.47. The Morgan fingerprint density at radius 1 is 0.711 bits per heavy atom. The van der Waals surface area contributed by atoms with Gasteiger partial charge in [-0.15, -0.1) is 0 Å². The average Bonchev–Trinajstić information content (AvgIpc) is 2.87. The van der Waals surface area contributed by atoms with Crippen molar-refractivity contribution in [1.29, 1.82) is 0 Å². The summed E-state index contributed by atoms with van der Waals surface area (Å²) in [4.78, 5) is 0. The van der Waals surface area contributed by atoms with Gasteiger partial charge in [-0.1, -0.05) is 26.7 Å². The number of unbranched alkanes of at least 4 members (excludes halogenated alkanes) is 2. The van der Waals surface area contributed by atoms with Crippen molar-refractivity contribution in [2.45, 2.75) is 107 Å². The van der Waals surface area contributed by atoms with Crippen molar-refractivity contribution >= 4 is 0 Å². The fourth-order valence-corrected chi connectivity index (χ4v) is 4.54. The molecule has 0 bridgehead atoms. The molecule has 0 spiro atoms. The Bertz CT molecular complexity index is 658. The molecule has 13 nitrogen and oxygen atoms in total. The first-order valence-corrected chi connectivity index (χ1v) is 13.6. The molecule has 2 aliphatic rings. The first-order valence-electron chi connectivity index (χ1n) is 13.6. The molecule has 2 saturated heterocycles. The molecule has 38 heavy (non-hydrogen) atoms. The van der Waals surface area contributed by atoms with Crippen molar-refractivity contribution in [1.82, 2.24) is 0 Å². The van der Waals surface area contributed by atoms with Crippen molar-refractivity contribution < 1.29 is 63.9 Å². The maximum atomic E-state index is 10.4. The summed E-state index contributed by atoms with van der Waals surface area (Å²) >= 11 is 0. The molecular weight excluding hydrogens is 506 g/mol. The van der Waals surface area contributed by atoms with Gasteiger partial charge in [-0.3, -0.25) is 0 Å². The van der Waals surface area contributed by atoms with Crippen molar-refractivity contribution in [3.63, 3.8) is 0 Å². The number of hydrogen-bond acceptors (Lipinski definition) is 12. The Labute approximate surface area is 225 Å². The molecule has 2 heterocycles. The van der Waals surface area contributed by atoms with Gasteiger partial charge in [0.15, 0.2) is 12.6 Å². The van der Waals surface area contributed by atoms with E-state index in [0.717, 1.165) is 25.8 Å². The summed E-state index contributed by atoms with van der Waals surface area (Å²) in [6.45, 7) is 5.20. The second-order valence-electron chi connectivity index (χ2n) is 11.0. The lowest BCUT2D eigenvalue weighted by atomic mass is 9.98. The number of quaternary nitrogens is 1. The van der Waals surface area contributed by atoms with E-state index in [1.54, 1.807) is 0 Å². The maximum absolute atomic E-state index is 10.4. The van der Waals surface area contributed by atoms with Gasteiger partial charge < -0.3 is 63.9 Å². The number of nitrogens with zero attached hydrogens (tertiary/aromatic N) is 1. The van der Waals surface area contributed by atoms with Crippen LogP contribution in [0.5, 0.6) is 0 Å². The van der Waals surface area contributed by atoms with Gasteiger partial charge in [0.25, 0.3) is 0 Å². The highest BCUT2D eigenvalue weighted by atomic mass is 16.7. The molecular formula is C25H50NO12+. The van der Waals surface area contributed by atoms with Crippen LogP contribution in [0.2, 0.25) is 0 Å². The van der Waals surface area contributed by atoms with Crippen LogP contribution in [0.25, 0.3) is 0 Å². The first kappa shape index (κ1) is 33.7. The Morgan fingerprint density at radius 2 is 1.24 bits per heavy atom. The summed E-state index contributed by atoms with van der Waals surface area (Å²) in [6.07, 6.45) is -11.1. The van der Waals surface area contributed by atoms with Crippen LogP contribution in [0, 0.1) is 0 Å². The minimum absolute atomic E-state index is 0.00764. The molecule has 11 atom stereocenters. The molecule has 0 aromatic carbocycles. The van der Waals surface area contributed by atoms with Gasteiger partial charge in [-0.25, -0.2) is 0 Å². The molecule has 2 aliphatic heterocycles. The zero-order chi connectivity index (χ0) is 28.5. The lowest BCUT2D eigenvalue weighted by Crippen LogP contribution is -2.61. The molecule has 226 valence electrons. The van der Waals surface area contributed by atoms with Gasteiger partial charge >= 0.3 is 0 Å². The third-order valence-electron chi connectivity index (χ3n) is 6.96. The number of aliphatic hydroxyl groups excluding tert-OH is 7. The number of aliphatic hydroxyl groups is 7. The SMILES string of the molecule is CCCCO[C@@H]1O[C@H](CO[C@H]2O[C@H](COCC(O)C[N+](C)(C)CCCC)[C@@H](O)[C@H](O)[C@H]2O)[C@@H](O)[C@H](O)[C@H]1O. The van der Waals surface area contributed by atoms with Crippen LogP contribution in [0.15, 0.2) is 0 Å². The smallest absolute Gasteiger partial charge is 0.186 e. The molecule has 2 rings (SSSR count). The van der Waals surface area contributed by atoms with E-state index >= 15 is 0 Å². The summed E-state index contributed by atoms with van der Waals surface area (Å²) < 4.78 is 28.4. The molecule has 0 radical (unpaired) electrons. The fraction of sp³-hybridized carbons (Fsp3) is 1.00. The standard InChI is InChI=1S/C25H50NO12/c1-5-7-9-26(3,4)11-15(27)12-34-13-16-18(28)20(30)23(33)25(37-16)36-14-17-19(29)21(31)22(32)24(38-17)35-10-8-6-2/h15-25,27-33H,5-14H2,1-4H3/q+1/t15?,16-,17-,18-,19-,20+,21+,22-,23-,24-,25+/m1/s1. The van der Waals surface area contributed by atoms with Gasteiger partial charge in [0, 0.05) is 6.61 Å². The molecule has 0 aromatic rings. The fourth-order valence-electron chi connectivity index (χ4n) is 4.54. The van der Waals surface area contributed by atoms with E-state index in [2.05, 4.69) is 6.92 Å². The summed E-state index contributed by atoms with van der Waals surface area (Å²) in [5, 5.41) is 72.1. The minimum atomic E-state index is -1.61. The largest absolute Gasteiger partial charge is 0.387 e. The monoisotopic (exact) mass is 556 g/mol. The van der Waals surface area contributed by atoms with E-state index < -0.39 is 67.5 Å². The van der Waals surface area contributed by atoms with E-state index in [9.17, 15) is 35.7 Å². The molecule has 13 heteroatoms. The predicted molar refractivity (Wildman–Crippen MR) is 134 cm³/mol. The third-order valence-corrected chi connectivity index (χ3v) is 6.96. The number of ether oxygens (including phenoxy) is 5. The molecule has 0 amide bonds. The Hall–Kier alpha value is -0.520.